The molecule has 0 saturated heterocycles. The molecule has 4 nitrogen and oxygen atoms in total. The summed E-state index contributed by atoms with van der Waals surface area (Å²) in [4.78, 5) is 2.49. The lowest BCUT2D eigenvalue weighted by atomic mass is 10.0. The number of ether oxygens (including phenoxy) is 2. The van der Waals surface area contributed by atoms with Crippen molar-refractivity contribution in [2.75, 3.05) is 19.9 Å². The molecule has 1 aromatic carbocycles. The molecule has 0 aromatic heterocycles. The fourth-order valence-electron chi connectivity index (χ4n) is 2.78. The normalized spacial score (nSPS) is 18.9. The molecule has 1 aliphatic carbocycles. The number of rotatable bonds is 5. The maximum atomic E-state index is 6.01. The number of benzene rings is 1. The van der Waals surface area contributed by atoms with Gasteiger partial charge >= 0.3 is 0 Å². The van der Waals surface area contributed by atoms with E-state index in [2.05, 4.69) is 39.9 Å². The van der Waals surface area contributed by atoms with E-state index in [1.165, 1.54) is 18.4 Å². The average molecular weight is 327 g/mol. The van der Waals surface area contributed by atoms with Crippen LogP contribution < -0.4 is 15.2 Å². The molecule has 1 heterocycles. The van der Waals surface area contributed by atoms with Crippen LogP contribution in [0, 0.1) is 0 Å². The van der Waals surface area contributed by atoms with E-state index in [1.807, 2.05) is 0 Å². The molecule has 3 rings (SSSR count). The van der Waals surface area contributed by atoms with E-state index in [0.29, 0.717) is 19.4 Å². The van der Waals surface area contributed by atoms with Gasteiger partial charge in [-0.05, 0) is 53.0 Å². The molecule has 0 bridgehead atoms. The van der Waals surface area contributed by atoms with Gasteiger partial charge in [0.25, 0.3) is 0 Å². The zero-order valence-electron chi connectivity index (χ0n) is 11.1. The fraction of sp³-hybridized carbons (Fsp3) is 0.571. The number of nitrogens with zero attached hydrogens (tertiary/aromatic N) is 1. The Morgan fingerprint density at radius 1 is 1.42 bits per heavy atom. The third-order valence-corrected chi connectivity index (χ3v) is 4.43. The standard InChI is InChI=1S/C14H19BrN2O2/c1-2-17(10-3-4-10)12(7-16)9-5-11(15)14-13(6-9)18-8-19-14/h5-6,10,12H,2-4,7-8,16H2,1H3. The number of halogens is 1. The molecule has 19 heavy (non-hydrogen) atoms. The minimum absolute atomic E-state index is 0.253. The number of hydrogen-bond donors (Lipinski definition) is 1. The third-order valence-electron chi connectivity index (χ3n) is 3.84. The van der Waals surface area contributed by atoms with Crippen LogP contribution in [0.5, 0.6) is 11.5 Å². The molecule has 1 saturated carbocycles. The van der Waals surface area contributed by atoms with Gasteiger partial charge in [-0.1, -0.05) is 6.92 Å². The van der Waals surface area contributed by atoms with Crippen LogP contribution in [0.25, 0.3) is 0 Å². The van der Waals surface area contributed by atoms with Gasteiger partial charge in [0.15, 0.2) is 11.5 Å². The molecule has 1 unspecified atom stereocenters. The number of fused-ring (bicyclic) bond motifs is 1. The van der Waals surface area contributed by atoms with Crippen molar-refractivity contribution in [3.8, 4) is 11.5 Å². The molecule has 5 heteroatoms. The van der Waals surface area contributed by atoms with Crippen LogP contribution in [0.1, 0.15) is 31.4 Å². The highest BCUT2D eigenvalue weighted by Gasteiger charge is 2.33. The molecule has 1 aromatic rings. The smallest absolute Gasteiger partial charge is 0.231 e. The van der Waals surface area contributed by atoms with Crippen LogP contribution in [0.15, 0.2) is 16.6 Å². The first kappa shape index (κ1) is 13.2. The molecular formula is C14H19BrN2O2. The second-order valence-electron chi connectivity index (χ2n) is 5.05. The van der Waals surface area contributed by atoms with Gasteiger partial charge in [0.05, 0.1) is 4.47 Å². The van der Waals surface area contributed by atoms with Crippen molar-refractivity contribution in [3.63, 3.8) is 0 Å². The fourth-order valence-corrected chi connectivity index (χ4v) is 3.36. The maximum absolute atomic E-state index is 6.01. The lowest BCUT2D eigenvalue weighted by Crippen LogP contribution is -2.35. The SMILES string of the molecule is CCN(C1CC1)C(CN)c1cc(Br)c2c(c1)OCO2. The average Bonchev–Trinajstić information content (AvgIpc) is 3.12. The molecule has 1 aliphatic heterocycles. The van der Waals surface area contributed by atoms with Gasteiger partial charge in [-0.3, -0.25) is 4.90 Å². The number of nitrogens with two attached hydrogens (primary N) is 1. The van der Waals surface area contributed by atoms with Gasteiger partial charge in [-0.2, -0.15) is 0 Å². The van der Waals surface area contributed by atoms with Crippen molar-refractivity contribution >= 4 is 15.9 Å². The maximum Gasteiger partial charge on any atom is 0.231 e. The predicted molar refractivity (Wildman–Crippen MR) is 77.5 cm³/mol. The summed E-state index contributed by atoms with van der Waals surface area (Å²) < 4.78 is 11.9. The van der Waals surface area contributed by atoms with E-state index in [4.69, 9.17) is 15.2 Å². The van der Waals surface area contributed by atoms with E-state index < -0.39 is 0 Å². The minimum atomic E-state index is 0.253. The topological polar surface area (TPSA) is 47.7 Å². The summed E-state index contributed by atoms with van der Waals surface area (Å²) in [6.45, 7) is 4.14. The lowest BCUT2D eigenvalue weighted by molar-refractivity contribution is 0.173. The summed E-state index contributed by atoms with van der Waals surface area (Å²) in [5.74, 6) is 1.61. The van der Waals surface area contributed by atoms with Crippen LogP contribution in [-0.2, 0) is 0 Å². The first-order chi connectivity index (χ1) is 9.24. The summed E-state index contributed by atoms with van der Waals surface area (Å²) >= 11 is 3.55. The third kappa shape index (κ3) is 2.47. The molecule has 0 amide bonds. The Hall–Kier alpha value is -0.780. The zero-order chi connectivity index (χ0) is 13.4. The molecule has 0 spiro atoms. The molecule has 2 N–H and O–H groups in total. The summed E-state index contributed by atoms with van der Waals surface area (Å²) in [6.07, 6.45) is 2.58. The Morgan fingerprint density at radius 3 is 2.84 bits per heavy atom. The van der Waals surface area contributed by atoms with Gasteiger partial charge in [0.2, 0.25) is 6.79 Å². The van der Waals surface area contributed by atoms with Crippen molar-refractivity contribution in [3.05, 3.63) is 22.2 Å². The van der Waals surface area contributed by atoms with Crippen molar-refractivity contribution in [1.82, 2.24) is 4.90 Å². The van der Waals surface area contributed by atoms with Crippen LogP contribution >= 0.6 is 15.9 Å². The summed E-state index contributed by atoms with van der Waals surface area (Å²) in [5, 5.41) is 0. The van der Waals surface area contributed by atoms with Gasteiger partial charge < -0.3 is 15.2 Å². The lowest BCUT2D eigenvalue weighted by Gasteiger charge is -2.30. The van der Waals surface area contributed by atoms with Crippen molar-refractivity contribution in [2.24, 2.45) is 5.73 Å². The second-order valence-corrected chi connectivity index (χ2v) is 5.90. The quantitative estimate of drug-likeness (QED) is 0.903. The highest BCUT2D eigenvalue weighted by Crippen LogP contribution is 2.43. The Kier molecular flexibility index (Phi) is 3.69. The number of hydrogen-bond acceptors (Lipinski definition) is 4. The Labute approximate surface area is 122 Å². The van der Waals surface area contributed by atoms with Gasteiger partial charge in [0.1, 0.15) is 0 Å². The second kappa shape index (κ2) is 5.31. The van der Waals surface area contributed by atoms with Crippen molar-refractivity contribution < 1.29 is 9.47 Å². The first-order valence-corrected chi connectivity index (χ1v) is 7.58. The van der Waals surface area contributed by atoms with Gasteiger partial charge in [-0.25, -0.2) is 0 Å². The van der Waals surface area contributed by atoms with Crippen LogP contribution in [0.4, 0.5) is 0 Å². The monoisotopic (exact) mass is 326 g/mol. The largest absolute Gasteiger partial charge is 0.454 e. The minimum Gasteiger partial charge on any atom is -0.454 e. The highest BCUT2D eigenvalue weighted by molar-refractivity contribution is 9.10. The molecule has 104 valence electrons. The van der Waals surface area contributed by atoms with Crippen LogP contribution in [0.3, 0.4) is 0 Å². The summed E-state index contributed by atoms with van der Waals surface area (Å²) in [6, 6.07) is 5.12. The molecule has 2 aliphatic rings. The van der Waals surface area contributed by atoms with E-state index in [-0.39, 0.29) is 6.04 Å². The Bertz CT molecular complexity index is 477. The molecule has 1 fully saturated rings. The Balaban J connectivity index is 1.92. The number of likely N-dealkylation sites (N-methyl/N-ethyl adjacent to an activating group) is 1. The summed E-state index contributed by atoms with van der Waals surface area (Å²) in [5.41, 5.74) is 7.21. The van der Waals surface area contributed by atoms with E-state index >= 15 is 0 Å². The van der Waals surface area contributed by atoms with Gasteiger partial charge in [-0.15, -0.1) is 0 Å². The van der Waals surface area contributed by atoms with Gasteiger partial charge in [0, 0.05) is 18.6 Å². The van der Waals surface area contributed by atoms with E-state index in [9.17, 15) is 0 Å². The first-order valence-electron chi connectivity index (χ1n) is 6.79. The van der Waals surface area contributed by atoms with E-state index in [1.54, 1.807) is 0 Å². The van der Waals surface area contributed by atoms with Crippen LogP contribution in [-0.4, -0.2) is 30.8 Å². The van der Waals surface area contributed by atoms with Crippen molar-refractivity contribution in [1.29, 1.82) is 0 Å². The summed E-state index contributed by atoms with van der Waals surface area (Å²) in [7, 11) is 0. The van der Waals surface area contributed by atoms with Crippen LogP contribution in [0.2, 0.25) is 0 Å². The molecule has 1 atom stereocenters. The predicted octanol–water partition coefficient (Wildman–Crippen LogP) is 2.66. The Morgan fingerprint density at radius 2 is 2.21 bits per heavy atom. The molecular weight excluding hydrogens is 308 g/mol. The van der Waals surface area contributed by atoms with Crippen molar-refractivity contribution in [2.45, 2.75) is 31.8 Å². The highest BCUT2D eigenvalue weighted by atomic mass is 79.9. The molecule has 0 radical (unpaired) electrons. The van der Waals surface area contributed by atoms with E-state index in [0.717, 1.165) is 22.5 Å². The zero-order valence-corrected chi connectivity index (χ0v) is 12.6.